The third-order valence-corrected chi connectivity index (χ3v) is 4.09. The number of aromatic nitrogens is 1. The standard InChI is InChI=1S/C16H20N2O/c1-11-9-13-5-3-4-6-15(13)17-16(11)18-8-7-14(10-18)12(2)19/h3-6,9,12,14,19H,7-8,10H2,1-2H3. The Balaban J connectivity index is 1.95. The van der Waals surface area contributed by atoms with Crippen LogP contribution < -0.4 is 4.90 Å². The predicted molar refractivity (Wildman–Crippen MR) is 78.5 cm³/mol. The number of aliphatic hydroxyl groups excluding tert-OH is 1. The number of anilines is 1. The summed E-state index contributed by atoms with van der Waals surface area (Å²) < 4.78 is 0. The molecule has 3 rings (SSSR count). The number of rotatable bonds is 2. The number of aryl methyl sites for hydroxylation is 1. The fourth-order valence-corrected chi connectivity index (χ4v) is 2.91. The third kappa shape index (κ3) is 2.30. The minimum atomic E-state index is -0.231. The molecule has 0 saturated carbocycles. The van der Waals surface area contributed by atoms with Crippen molar-refractivity contribution in [1.82, 2.24) is 4.98 Å². The molecule has 1 saturated heterocycles. The summed E-state index contributed by atoms with van der Waals surface area (Å²) in [6.45, 7) is 5.89. The van der Waals surface area contributed by atoms with E-state index >= 15 is 0 Å². The maximum absolute atomic E-state index is 9.71. The van der Waals surface area contributed by atoms with Crippen LogP contribution in [0.4, 0.5) is 5.82 Å². The summed E-state index contributed by atoms with van der Waals surface area (Å²) in [6, 6.07) is 10.4. The van der Waals surface area contributed by atoms with Gasteiger partial charge in [0.1, 0.15) is 5.82 Å². The van der Waals surface area contributed by atoms with Gasteiger partial charge in [0.2, 0.25) is 0 Å². The van der Waals surface area contributed by atoms with E-state index in [4.69, 9.17) is 4.98 Å². The van der Waals surface area contributed by atoms with Gasteiger partial charge in [-0.15, -0.1) is 0 Å². The maximum Gasteiger partial charge on any atom is 0.132 e. The number of benzene rings is 1. The van der Waals surface area contributed by atoms with Crippen molar-refractivity contribution in [2.24, 2.45) is 5.92 Å². The molecule has 2 heterocycles. The van der Waals surface area contributed by atoms with E-state index in [1.54, 1.807) is 0 Å². The fourth-order valence-electron chi connectivity index (χ4n) is 2.91. The van der Waals surface area contributed by atoms with Crippen LogP contribution in [0.2, 0.25) is 0 Å². The molecular weight excluding hydrogens is 236 g/mol. The number of hydrogen-bond acceptors (Lipinski definition) is 3. The molecule has 1 aliphatic heterocycles. The van der Waals surface area contributed by atoms with Crippen molar-refractivity contribution in [2.75, 3.05) is 18.0 Å². The lowest BCUT2D eigenvalue weighted by atomic mass is 10.0. The van der Waals surface area contributed by atoms with Gasteiger partial charge in [0.05, 0.1) is 11.6 Å². The first-order valence-electron chi connectivity index (χ1n) is 6.94. The minimum Gasteiger partial charge on any atom is -0.393 e. The third-order valence-electron chi connectivity index (χ3n) is 4.09. The van der Waals surface area contributed by atoms with E-state index in [0.717, 1.165) is 30.8 Å². The molecule has 1 fully saturated rings. The summed E-state index contributed by atoms with van der Waals surface area (Å²) in [5.41, 5.74) is 2.26. The fraction of sp³-hybridized carbons (Fsp3) is 0.438. The molecule has 1 aromatic heterocycles. The van der Waals surface area contributed by atoms with E-state index in [2.05, 4.69) is 30.0 Å². The summed E-state index contributed by atoms with van der Waals surface area (Å²) in [6.07, 6.45) is 0.816. The van der Waals surface area contributed by atoms with Crippen LogP contribution in [0.3, 0.4) is 0 Å². The molecule has 3 heteroatoms. The average Bonchev–Trinajstić information content (AvgIpc) is 2.87. The first-order valence-corrected chi connectivity index (χ1v) is 6.94. The highest BCUT2D eigenvalue weighted by Crippen LogP contribution is 2.28. The Hall–Kier alpha value is -1.61. The van der Waals surface area contributed by atoms with Gasteiger partial charge in [0.25, 0.3) is 0 Å². The molecule has 0 bridgehead atoms. The van der Waals surface area contributed by atoms with Crippen LogP contribution in [0.5, 0.6) is 0 Å². The highest BCUT2D eigenvalue weighted by Gasteiger charge is 2.27. The van der Waals surface area contributed by atoms with Gasteiger partial charge in [-0.2, -0.15) is 0 Å². The van der Waals surface area contributed by atoms with E-state index < -0.39 is 0 Å². The van der Waals surface area contributed by atoms with E-state index in [1.807, 2.05) is 19.1 Å². The zero-order valence-corrected chi connectivity index (χ0v) is 11.5. The van der Waals surface area contributed by atoms with Crippen LogP contribution in [0.1, 0.15) is 18.9 Å². The number of fused-ring (bicyclic) bond motifs is 1. The largest absolute Gasteiger partial charge is 0.393 e. The molecule has 19 heavy (non-hydrogen) atoms. The molecule has 2 aromatic rings. The molecule has 2 atom stereocenters. The van der Waals surface area contributed by atoms with Crippen LogP contribution in [0.15, 0.2) is 30.3 Å². The molecule has 100 valence electrons. The van der Waals surface area contributed by atoms with Crippen LogP contribution >= 0.6 is 0 Å². The average molecular weight is 256 g/mol. The summed E-state index contributed by atoms with van der Waals surface area (Å²) >= 11 is 0. The maximum atomic E-state index is 9.71. The molecule has 0 aliphatic carbocycles. The van der Waals surface area contributed by atoms with E-state index in [9.17, 15) is 5.11 Å². The van der Waals surface area contributed by atoms with Crippen molar-refractivity contribution < 1.29 is 5.11 Å². The molecule has 0 spiro atoms. The number of hydrogen-bond donors (Lipinski definition) is 1. The van der Waals surface area contributed by atoms with Crippen LogP contribution in [-0.2, 0) is 0 Å². The Morgan fingerprint density at radius 2 is 2.16 bits per heavy atom. The summed E-state index contributed by atoms with van der Waals surface area (Å²) in [5, 5.41) is 10.9. The number of nitrogens with zero attached hydrogens (tertiary/aromatic N) is 2. The van der Waals surface area contributed by atoms with Crippen LogP contribution in [0, 0.1) is 12.8 Å². The second kappa shape index (κ2) is 4.82. The van der Waals surface area contributed by atoms with Gasteiger partial charge in [-0.25, -0.2) is 4.98 Å². The van der Waals surface area contributed by atoms with Crippen molar-refractivity contribution in [3.05, 3.63) is 35.9 Å². The second-order valence-corrected chi connectivity index (χ2v) is 5.56. The molecule has 2 unspecified atom stereocenters. The smallest absolute Gasteiger partial charge is 0.132 e. The number of pyridine rings is 1. The zero-order chi connectivity index (χ0) is 13.4. The van der Waals surface area contributed by atoms with E-state index in [-0.39, 0.29) is 6.10 Å². The van der Waals surface area contributed by atoms with Gasteiger partial charge >= 0.3 is 0 Å². The second-order valence-electron chi connectivity index (χ2n) is 5.56. The molecule has 1 N–H and O–H groups in total. The summed E-state index contributed by atoms with van der Waals surface area (Å²) in [4.78, 5) is 7.10. The Bertz CT molecular complexity index is 594. The van der Waals surface area contributed by atoms with Crippen molar-refractivity contribution in [3.63, 3.8) is 0 Å². The zero-order valence-electron chi connectivity index (χ0n) is 11.5. The van der Waals surface area contributed by atoms with Crippen molar-refractivity contribution in [1.29, 1.82) is 0 Å². The van der Waals surface area contributed by atoms with Crippen molar-refractivity contribution >= 4 is 16.7 Å². The van der Waals surface area contributed by atoms with Crippen molar-refractivity contribution in [2.45, 2.75) is 26.4 Å². The highest BCUT2D eigenvalue weighted by atomic mass is 16.3. The lowest BCUT2D eigenvalue weighted by Crippen LogP contribution is -2.25. The lowest BCUT2D eigenvalue weighted by molar-refractivity contribution is 0.136. The number of para-hydroxylation sites is 1. The van der Waals surface area contributed by atoms with E-state index in [1.165, 1.54) is 10.9 Å². The SMILES string of the molecule is Cc1cc2ccccc2nc1N1CCC(C(C)O)C1. The topological polar surface area (TPSA) is 36.4 Å². The molecule has 0 radical (unpaired) electrons. The van der Waals surface area contributed by atoms with Crippen LogP contribution in [0.25, 0.3) is 10.9 Å². The van der Waals surface area contributed by atoms with Crippen LogP contribution in [-0.4, -0.2) is 29.3 Å². The first-order chi connectivity index (χ1) is 9.15. The highest BCUT2D eigenvalue weighted by molar-refractivity contribution is 5.81. The van der Waals surface area contributed by atoms with Gasteiger partial charge < -0.3 is 10.0 Å². The minimum absolute atomic E-state index is 0.231. The molecule has 1 aromatic carbocycles. The Morgan fingerprint density at radius 1 is 1.37 bits per heavy atom. The van der Waals surface area contributed by atoms with Crippen molar-refractivity contribution in [3.8, 4) is 0 Å². The quantitative estimate of drug-likeness (QED) is 0.897. The Labute approximate surface area is 113 Å². The summed E-state index contributed by atoms with van der Waals surface area (Å²) in [7, 11) is 0. The lowest BCUT2D eigenvalue weighted by Gasteiger charge is -2.21. The monoisotopic (exact) mass is 256 g/mol. The molecule has 1 aliphatic rings. The summed E-state index contributed by atoms with van der Waals surface area (Å²) in [5.74, 6) is 1.44. The predicted octanol–water partition coefficient (Wildman–Crippen LogP) is 2.75. The van der Waals surface area contributed by atoms with E-state index in [0.29, 0.717) is 5.92 Å². The Kier molecular flexibility index (Phi) is 3.15. The number of aliphatic hydroxyl groups is 1. The first kappa shape index (κ1) is 12.4. The molecule has 0 amide bonds. The molecule has 3 nitrogen and oxygen atoms in total. The van der Waals surface area contributed by atoms with Gasteiger partial charge in [0.15, 0.2) is 0 Å². The normalized spacial score (nSPS) is 21.0. The van der Waals surface area contributed by atoms with Gasteiger partial charge in [-0.3, -0.25) is 0 Å². The molecular formula is C16H20N2O. The van der Waals surface area contributed by atoms with Gasteiger partial charge in [-0.05, 0) is 38.0 Å². The van der Waals surface area contributed by atoms with Gasteiger partial charge in [-0.1, -0.05) is 18.2 Å². The Morgan fingerprint density at radius 3 is 2.89 bits per heavy atom. The van der Waals surface area contributed by atoms with Gasteiger partial charge in [0, 0.05) is 24.4 Å².